The van der Waals surface area contributed by atoms with E-state index < -0.39 is 17.9 Å². The van der Waals surface area contributed by atoms with Crippen molar-refractivity contribution in [1.29, 1.82) is 0 Å². The molecule has 0 spiro atoms. The molecule has 0 radical (unpaired) electrons. The predicted molar refractivity (Wildman–Crippen MR) is 90.7 cm³/mol. The van der Waals surface area contributed by atoms with Crippen LogP contribution in [0, 0.1) is 0 Å². The van der Waals surface area contributed by atoms with Gasteiger partial charge in [0, 0.05) is 30.4 Å². The van der Waals surface area contributed by atoms with Crippen LogP contribution in [0.5, 0.6) is 0 Å². The standard InChI is InChI=1S/C17H19N3O5/c1-11(21)19-13-2-4-14(5-3-13)20-17(24)16(23)18-8-6-15(22)12-7-9-25-10-12/h2-5,7,9-10,15,22H,6,8H2,1H3,(H,18,23)(H,19,21)(H,20,24). The van der Waals surface area contributed by atoms with Gasteiger partial charge in [-0.05, 0) is 36.8 Å². The molecule has 8 heteroatoms. The summed E-state index contributed by atoms with van der Waals surface area (Å²) in [5.74, 6) is -1.82. The fourth-order valence-corrected chi connectivity index (χ4v) is 2.06. The molecule has 1 unspecified atom stereocenters. The van der Waals surface area contributed by atoms with Crippen molar-refractivity contribution in [2.75, 3.05) is 17.2 Å². The van der Waals surface area contributed by atoms with E-state index in [4.69, 9.17) is 4.42 Å². The molecule has 1 aromatic carbocycles. The Morgan fingerprint density at radius 2 is 1.68 bits per heavy atom. The quantitative estimate of drug-likeness (QED) is 0.590. The van der Waals surface area contributed by atoms with Gasteiger partial charge in [-0.2, -0.15) is 0 Å². The molecule has 132 valence electrons. The number of amides is 3. The van der Waals surface area contributed by atoms with Crippen molar-refractivity contribution in [3.8, 4) is 0 Å². The third-order valence-corrected chi connectivity index (χ3v) is 3.30. The highest BCUT2D eigenvalue weighted by molar-refractivity contribution is 6.39. The largest absolute Gasteiger partial charge is 0.472 e. The lowest BCUT2D eigenvalue weighted by Crippen LogP contribution is -2.36. The summed E-state index contributed by atoms with van der Waals surface area (Å²) in [6.07, 6.45) is 2.35. The lowest BCUT2D eigenvalue weighted by molar-refractivity contribution is -0.136. The Labute approximate surface area is 144 Å². The second kappa shape index (κ2) is 8.65. The number of hydrogen-bond donors (Lipinski definition) is 4. The molecule has 0 saturated heterocycles. The lowest BCUT2D eigenvalue weighted by atomic mass is 10.1. The zero-order valence-electron chi connectivity index (χ0n) is 13.6. The molecule has 8 nitrogen and oxygen atoms in total. The number of aliphatic hydroxyl groups is 1. The Kier molecular flexibility index (Phi) is 6.30. The maximum Gasteiger partial charge on any atom is 0.313 e. The monoisotopic (exact) mass is 345 g/mol. The van der Waals surface area contributed by atoms with E-state index >= 15 is 0 Å². The number of aliphatic hydroxyl groups excluding tert-OH is 1. The second-order valence-electron chi connectivity index (χ2n) is 5.33. The molecule has 2 aromatic rings. The molecular formula is C17H19N3O5. The zero-order chi connectivity index (χ0) is 18.2. The minimum absolute atomic E-state index is 0.139. The van der Waals surface area contributed by atoms with Crippen molar-refractivity contribution < 1.29 is 23.9 Å². The minimum atomic E-state index is -0.815. The third kappa shape index (κ3) is 5.78. The summed E-state index contributed by atoms with van der Waals surface area (Å²) in [5, 5.41) is 17.3. The SMILES string of the molecule is CC(=O)Nc1ccc(NC(=O)C(=O)NCCC(O)c2ccoc2)cc1. The van der Waals surface area contributed by atoms with E-state index in [0.29, 0.717) is 16.9 Å². The third-order valence-electron chi connectivity index (χ3n) is 3.30. The van der Waals surface area contributed by atoms with Crippen LogP contribution in [0.2, 0.25) is 0 Å². The van der Waals surface area contributed by atoms with E-state index in [0.717, 1.165) is 0 Å². The van der Waals surface area contributed by atoms with Crippen LogP contribution in [-0.2, 0) is 14.4 Å². The number of hydrogen-bond acceptors (Lipinski definition) is 5. The molecule has 0 bridgehead atoms. The van der Waals surface area contributed by atoms with Gasteiger partial charge in [0.2, 0.25) is 5.91 Å². The van der Waals surface area contributed by atoms with Crippen LogP contribution < -0.4 is 16.0 Å². The van der Waals surface area contributed by atoms with Crippen LogP contribution in [-0.4, -0.2) is 29.4 Å². The van der Waals surface area contributed by atoms with Gasteiger partial charge in [0.1, 0.15) is 0 Å². The van der Waals surface area contributed by atoms with Crippen LogP contribution in [0.3, 0.4) is 0 Å². The number of rotatable bonds is 6. The predicted octanol–water partition coefficient (Wildman–Crippen LogP) is 1.42. The maximum atomic E-state index is 11.8. The van der Waals surface area contributed by atoms with Crippen LogP contribution in [0.4, 0.5) is 11.4 Å². The number of anilines is 2. The van der Waals surface area contributed by atoms with Gasteiger partial charge < -0.3 is 25.5 Å². The van der Waals surface area contributed by atoms with Gasteiger partial charge in [0.15, 0.2) is 0 Å². The van der Waals surface area contributed by atoms with E-state index in [2.05, 4.69) is 16.0 Å². The molecule has 1 aromatic heterocycles. The normalized spacial score (nSPS) is 11.4. The van der Waals surface area contributed by atoms with Crippen molar-refractivity contribution in [2.24, 2.45) is 0 Å². The van der Waals surface area contributed by atoms with Gasteiger partial charge >= 0.3 is 11.8 Å². The van der Waals surface area contributed by atoms with Crippen LogP contribution in [0.1, 0.15) is 25.0 Å². The Bertz CT molecular complexity index is 725. The second-order valence-corrected chi connectivity index (χ2v) is 5.33. The lowest BCUT2D eigenvalue weighted by Gasteiger charge is -2.10. The number of carbonyl (C=O) groups excluding carboxylic acids is 3. The highest BCUT2D eigenvalue weighted by Crippen LogP contribution is 2.16. The zero-order valence-corrected chi connectivity index (χ0v) is 13.6. The summed E-state index contributed by atoms with van der Waals surface area (Å²) in [6, 6.07) is 7.98. The molecule has 3 amide bonds. The van der Waals surface area contributed by atoms with E-state index in [1.54, 1.807) is 30.3 Å². The van der Waals surface area contributed by atoms with E-state index in [1.165, 1.54) is 19.5 Å². The maximum absolute atomic E-state index is 11.8. The highest BCUT2D eigenvalue weighted by Gasteiger charge is 2.15. The molecule has 2 rings (SSSR count). The van der Waals surface area contributed by atoms with Crippen LogP contribution >= 0.6 is 0 Å². The fourth-order valence-electron chi connectivity index (χ4n) is 2.06. The molecule has 1 atom stereocenters. The van der Waals surface area contributed by atoms with Crippen LogP contribution in [0.15, 0.2) is 47.3 Å². The number of carbonyl (C=O) groups is 3. The van der Waals surface area contributed by atoms with Crippen molar-refractivity contribution in [1.82, 2.24) is 5.32 Å². The molecule has 0 aliphatic carbocycles. The van der Waals surface area contributed by atoms with Crippen molar-refractivity contribution in [3.05, 3.63) is 48.4 Å². The summed E-state index contributed by atoms with van der Waals surface area (Å²) >= 11 is 0. The van der Waals surface area contributed by atoms with Crippen molar-refractivity contribution in [3.63, 3.8) is 0 Å². The summed E-state index contributed by atoms with van der Waals surface area (Å²) in [4.78, 5) is 34.5. The number of benzene rings is 1. The fraction of sp³-hybridized carbons (Fsp3) is 0.235. The van der Waals surface area contributed by atoms with Crippen molar-refractivity contribution >= 4 is 29.1 Å². The Morgan fingerprint density at radius 3 is 2.24 bits per heavy atom. The first-order chi connectivity index (χ1) is 12.0. The van der Waals surface area contributed by atoms with E-state index in [1.807, 2.05) is 0 Å². The van der Waals surface area contributed by atoms with Gasteiger partial charge in [-0.3, -0.25) is 14.4 Å². The Balaban J connectivity index is 1.76. The van der Waals surface area contributed by atoms with Gasteiger partial charge in [-0.1, -0.05) is 0 Å². The Morgan fingerprint density at radius 1 is 1.04 bits per heavy atom. The average molecular weight is 345 g/mol. The highest BCUT2D eigenvalue weighted by atomic mass is 16.3. The molecular weight excluding hydrogens is 326 g/mol. The molecule has 25 heavy (non-hydrogen) atoms. The van der Waals surface area contributed by atoms with Gasteiger partial charge in [0.25, 0.3) is 0 Å². The van der Waals surface area contributed by atoms with E-state index in [9.17, 15) is 19.5 Å². The first-order valence-corrected chi connectivity index (χ1v) is 7.62. The van der Waals surface area contributed by atoms with E-state index in [-0.39, 0.29) is 18.9 Å². The first-order valence-electron chi connectivity index (χ1n) is 7.62. The number of furan rings is 1. The number of nitrogens with one attached hydrogen (secondary N) is 3. The molecule has 0 aliphatic rings. The van der Waals surface area contributed by atoms with Gasteiger partial charge in [-0.15, -0.1) is 0 Å². The minimum Gasteiger partial charge on any atom is -0.472 e. The van der Waals surface area contributed by atoms with Crippen LogP contribution in [0.25, 0.3) is 0 Å². The van der Waals surface area contributed by atoms with Gasteiger partial charge in [0.05, 0.1) is 18.6 Å². The van der Waals surface area contributed by atoms with Crippen molar-refractivity contribution in [2.45, 2.75) is 19.4 Å². The molecule has 0 saturated carbocycles. The molecule has 1 heterocycles. The van der Waals surface area contributed by atoms with Gasteiger partial charge in [-0.25, -0.2) is 0 Å². The molecule has 0 fully saturated rings. The first kappa shape index (κ1) is 18.2. The summed E-state index contributed by atoms with van der Waals surface area (Å²) in [6.45, 7) is 1.53. The average Bonchev–Trinajstić information content (AvgIpc) is 3.10. The topological polar surface area (TPSA) is 121 Å². The molecule has 4 N–H and O–H groups in total. The summed E-state index contributed by atoms with van der Waals surface area (Å²) < 4.78 is 4.86. The molecule has 0 aliphatic heterocycles. The Hall–Kier alpha value is -3.13. The smallest absolute Gasteiger partial charge is 0.313 e. The summed E-state index contributed by atoms with van der Waals surface area (Å²) in [5.41, 5.74) is 1.62. The summed E-state index contributed by atoms with van der Waals surface area (Å²) in [7, 11) is 0.